The quantitative estimate of drug-likeness (QED) is 0.620. The zero-order valence-electron chi connectivity index (χ0n) is 21.2. The molecule has 9 nitrogen and oxygen atoms in total. The lowest BCUT2D eigenvalue weighted by atomic mass is 9.96. The van der Waals surface area contributed by atoms with E-state index in [-0.39, 0.29) is 23.9 Å². The van der Waals surface area contributed by atoms with Crippen molar-refractivity contribution in [1.29, 1.82) is 0 Å². The van der Waals surface area contributed by atoms with Crippen molar-refractivity contribution in [2.45, 2.75) is 58.1 Å². The number of amides is 3. The van der Waals surface area contributed by atoms with E-state index >= 15 is 0 Å². The molecule has 1 unspecified atom stereocenters. The van der Waals surface area contributed by atoms with Gasteiger partial charge in [0.05, 0.1) is 0 Å². The Labute approximate surface area is 208 Å². The van der Waals surface area contributed by atoms with Crippen molar-refractivity contribution in [1.82, 2.24) is 15.1 Å². The zero-order valence-corrected chi connectivity index (χ0v) is 21.2. The van der Waals surface area contributed by atoms with E-state index in [0.29, 0.717) is 18.8 Å². The third-order valence-electron chi connectivity index (χ3n) is 6.95. The predicted octanol–water partition coefficient (Wildman–Crippen LogP) is 2.67. The van der Waals surface area contributed by atoms with Crippen LogP contribution in [0.15, 0.2) is 24.3 Å². The van der Waals surface area contributed by atoms with Gasteiger partial charge in [-0.15, -0.1) is 0 Å². The summed E-state index contributed by atoms with van der Waals surface area (Å²) < 4.78 is 5.51. The molecule has 3 fully saturated rings. The fourth-order valence-electron chi connectivity index (χ4n) is 5.00. The lowest BCUT2D eigenvalue weighted by Gasteiger charge is -2.39. The summed E-state index contributed by atoms with van der Waals surface area (Å²) in [6, 6.07) is 7.80. The highest BCUT2D eigenvalue weighted by Gasteiger charge is 2.29. The number of piperidine rings is 2. The molecule has 0 aliphatic carbocycles. The number of likely N-dealkylation sites (tertiary alicyclic amines) is 1. The average molecular weight is 486 g/mol. The van der Waals surface area contributed by atoms with Gasteiger partial charge in [0.2, 0.25) is 11.8 Å². The molecule has 3 amide bonds. The minimum absolute atomic E-state index is 0.195. The summed E-state index contributed by atoms with van der Waals surface area (Å²) in [5.74, 6) is 0.159. The van der Waals surface area contributed by atoms with E-state index in [9.17, 15) is 14.4 Å². The van der Waals surface area contributed by atoms with Gasteiger partial charge in [-0.1, -0.05) is 6.07 Å². The van der Waals surface area contributed by atoms with Gasteiger partial charge in [-0.25, -0.2) is 4.79 Å². The fraction of sp³-hybridized carbons (Fsp3) is 0.654. The third kappa shape index (κ3) is 7.10. The van der Waals surface area contributed by atoms with Crippen LogP contribution in [0.25, 0.3) is 0 Å². The minimum atomic E-state index is -0.450. The topological polar surface area (TPSA) is 94.2 Å². The van der Waals surface area contributed by atoms with E-state index in [2.05, 4.69) is 32.6 Å². The third-order valence-corrected chi connectivity index (χ3v) is 6.95. The zero-order chi connectivity index (χ0) is 25.0. The highest BCUT2D eigenvalue weighted by atomic mass is 16.6. The Morgan fingerprint density at radius 1 is 1.06 bits per heavy atom. The van der Waals surface area contributed by atoms with Crippen LogP contribution in [0.1, 0.15) is 46.5 Å². The Morgan fingerprint density at radius 3 is 2.43 bits per heavy atom. The highest BCUT2D eigenvalue weighted by molar-refractivity contribution is 6.01. The van der Waals surface area contributed by atoms with E-state index < -0.39 is 5.60 Å². The Bertz CT molecular complexity index is 915. The summed E-state index contributed by atoms with van der Waals surface area (Å²) >= 11 is 0. The van der Waals surface area contributed by atoms with Crippen LogP contribution < -0.4 is 15.5 Å². The minimum Gasteiger partial charge on any atom is -0.444 e. The number of benzene rings is 1. The first-order chi connectivity index (χ1) is 16.7. The number of carbonyl (C=O) groups excluding carboxylic acids is 3. The summed E-state index contributed by atoms with van der Waals surface area (Å²) in [5, 5.41) is 5.68. The summed E-state index contributed by atoms with van der Waals surface area (Å²) in [5.41, 5.74) is 1.59. The van der Waals surface area contributed by atoms with Crippen molar-refractivity contribution in [2.75, 3.05) is 56.0 Å². The Balaban J connectivity index is 1.21. The molecule has 2 N–H and O–H groups in total. The van der Waals surface area contributed by atoms with Crippen molar-refractivity contribution in [3.63, 3.8) is 0 Å². The van der Waals surface area contributed by atoms with Gasteiger partial charge < -0.3 is 19.9 Å². The first-order valence-electron chi connectivity index (χ1n) is 12.8. The molecule has 0 saturated carbocycles. The first kappa shape index (κ1) is 25.3. The molecule has 1 aromatic rings. The van der Waals surface area contributed by atoms with E-state index in [4.69, 9.17) is 4.74 Å². The second kappa shape index (κ2) is 10.8. The molecule has 0 spiro atoms. The molecule has 3 heterocycles. The van der Waals surface area contributed by atoms with Crippen molar-refractivity contribution >= 4 is 29.3 Å². The highest BCUT2D eigenvalue weighted by Crippen LogP contribution is 2.25. The number of hydrogen-bond acceptors (Lipinski definition) is 7. The molecule has 1 atom stereocenters. The molecule has 3 aliphatic heterocycles. The molecule has 3 saturated heterocycles. The fourth-order valence-corrected chi connectivity index (χ4v) is 5.00. The van der Waals surface area contributed by atoms with Gasteiger partial charge in [-0.2, -0.15) is 0 Å². The van der Waals surface area contributed by atoms with Crippen LogP contribution in [0.5, 0.6) is 0 Å². The van der Waals surface area contributed by atoms with Crippen molar-refractivity contribution < 1.29 is 19.1 Å². The molecule has 9 heteroatoms. The van der Waals surface area contributed by atoms with Gasteiger partial charge in [0.1, 0.15) is 11.6 Å². The molecule has 3 aliphatic rings. The second-order valence-corrected chi connectivity index (χ2v) is 10.9. The Hall–Kier alpha value is -2.81. The van der Waals surface area contributed by atoms with Crippen LogP contribution in [0.3, 0.4) is 0 Å². The van der Waals surface area contributed by atoms with Gasteiger partial charge in [-0.3, -0.25) is 19.8 Å². The van der Waals surface area contributed by atoms with E-state index in [1.165, 1.54) is 0 Å². The molecule has 0 aromatic heterocycles. The lowest BCUT2D eigenvalue weighted by Crippen LogP contribution is -2.49. The Morgan fingerprint density at radius 2 is 1.77 bits per heavy atom. The average Bonchev–Trinajstić information content (AvgIpc) is 2.81. The number of piperazine rings is 1. The summed E-state index contributed by atoms with van der Waals surface area (Å²) in [6.45, 7) is 12.3. The number of ether oxygens (including phenoxy) is 1. The molecular weight excluding hydrogens is 446 g/mol. The van der Waals surface area contributed by atoms with E-state index in [1.54, 1.807) is 0 Å². The number of hydrogen-bond donors (Lipinski definition) is 2. The normalized spacial score (nSPS) is 22.7. The SMILES string of the molecule is CC(C)(C)OC(=O)N1CCC(CN2CCN(c3cccc(NC4CCC(=O)NC4=O)c3)CC2)CC1. The molecule has 0 radical (unpaired) electrons. The summed E-state index contributed by atoms with van der Waals surface area (Å²) in [6.07, 6.45) is 2.73. The van der Waals surface area contributed by atoms with Crippen molar-refractivity contribution in [3.8, 4) is 0 Å². The van der Waals surface area contributed by atoms with Crippen LogP contribution in [0, 0.1) is 5.92 Å². The standard InChI is InChI=1S/C26H39N5O4/c1-26(2,3)35-25(34)31-11-9-19(10-12-31)18-29-13-15-30(16-14-29)21-6-4-5-20(17-21)27-22-7-8-23(32)28-24(22)33/h4-6,17,19,22,27H,7-16,18H2,1-3H3,(H,28,32,33). The summed E-state index contributed by atoms with van der Waals surface area (Å²) in [7, 11) is 0. The number of imide groups is 1. The Kier molecular flexibility index (Phi) is 7.84. The van der Waals surface area contributed by atoms with E-state index in [0.717, 1.165) is 70.0 Å². The molecule has 0 bridgehead atoms. The predicted molar refractivity (Wildman–Crippen MR) is 135 cm³/mol. The number of carbonyl (C=O) groups is 3. The van der Waals surface area contributed by atoms with Gasteiger partial charge in [0, 0.05) is 63.6 Å². The van der Waals surface area contributed by atoms with Gasteiger partial charge in [0.25, 0.3) is 0 Å². The monoisotopic (exact) mass is 485 g/mol. The van der Waals surface area contributed by atoms with Gasteiger partial charge in [-0.05, 0) is 64.2 Å². The molecule has 192 valence electrons. The van der Waals surface area contributed by atoms with Crippen LogP contribution in [0.2, 0.25) is 0 Å². The van der Waals surface area contributed by atoms with Crippen LogP contribution >= 0.6 is 0 Å². The molecule has 1 aromatic carbocycles. The van der Waals surface area contributed by atoms with Gasteiger partial charge >= 0.3 is 6.09 Å². The number of rotatable bonds is 5. The maximum atomic E-state index is 12.3. The lowest BCUT2D eigenvalue weighted by molar-refractivity contribution is -0.133. The maximum absolute atomic E-state index is 12.3. The van der Waals surface area contributed by atoms with Gasteiger partial charge in [0.15, 0.2) is 0 Å². The number of nitrogens with one attached hydrogen (secondary N) is 2. The van der Waals surface area contributed by atoms with Crippen LogP contribution in [-0.4, -0.2) is 85.2 Å². The van der Waals surface area contributed by atoms with Crippen LogP contribution in [-0.2, 0) is 14.3 Å². The van der Waals surface area contributed by atoms with Crippen molar-refractivity contribution in [3.05, 3.63) is 24.3 Å². The second-order valence-electron chi connectivity index (χ2n) is 10.9. The molecule has 4 rings (SSSR count). The summed E-state index contributed by atoms with van der Waals surface area (Å²) in [4.78, 5) is 42.5. The smallest absolute Gasteiger partial charge is 0.410 e. The maximum Gasteiger partial charge on any atom is 0.410 e. The molecule has 35 heavy (non-hydrogen) atoms. The molecular formula is C26H39N5O4. The van der Waals surface area contributed by atoms with Crippen LogP contribution in [0.4, 0.5) is 16.2 Å². The van der Waals surface area contributed by atoms with E-state index in [1.807, 2.05) is 37.8 Å². The number of nitrogens with zero attached hydrogens (tertiary/aromatic N) is 3. The van der Waals surface area contributed by atoms with Crippen molar-refractivity contribution in [2.24, 2.45) is 5.92 Å². The number of anilines is 2. The first-order valence-corrected chi connectivity index (χ1v) is 12.8. The largest absolute Gasteiger partial charge is 0.444 e.